The highest BCUT2D eigenvalue weighted by molar-refractivity contribution is 7.71. The second kappa shape index (κ2) is 16.3. The van der Waals surface area contributed by atoms with Crippen molar-refractivity contribution >= 4 is 73.7 Å². The summed E-state index contributed by atoms with van der Waals surface area (Å²) >= 11 is 22.0. The van der Waals surface area contributed by atoms with Gasteiger partial charge in [-0.3, -0.25) is 20.4 Å². The standard InChI is InChI=1S/C32H32N16S4/c49-29-41-37-25-13-5-6-15-27-39-43-31(51)47(27)35-19-23-11-3-4-12-24(23)20-36-48-28(40-44-32(48)52)16-8-7-14-26-38-42-30(50)46(26)34-18-22-10-2-1-9-21(22)17-33-45(25)29/h1-4,9-12,17-20H,5-8,13-16H2,(H,41,49)(H,42,50)(H,43,51)(H,44,52)/b33-17+,34-18+,35-19+,36-20+. The van der Waals surface area contributed by atoms with Gasteiger partial charge in [-0.25, -0.2) is 0 Å². The van der Waals surface area contributed by atoms with Crippen LogP contribution in [0, 0.1) is 19.1 Å². The number of aryl methyl sites for hydroxylation is 4. The zero-order chi connectivity index (χ0) is 35.9. The average Bonchev–Trinajstić information content (AvgIpc) is 3.90. The maximum absolute atomic E-state index is 5.51. The fourth-order valence-electron chi connectivity index (χ4n) is 5.52. The molecule has 6 aromatic rings. The van der Waals surface area contributed by atoms with Gasteiger partial charge in [-0.05, 0) is 74.6 Å². The van der Waals surface area contributed by atoms with Crippen molar-refractivity contribution in [1.29, 1.82) is 0 Å². The van der Waals surface area contributed by atoms with Crippen molar-refractivity contribution < 1.29 is 0 Å². The molecule has 0 radical (unpaired) electrons. The lowest BCUT2D eigenvalue weighted by molar-refractivity contribution is 0.643. The van der Waals surface area contributed by atoms with Gasteiger partial charge < -0.3 is 0 Å². The van der Waals surface area contributed by atoms with E-state index < -0.39 is 0 Å². The van der Waals surface area contributed by atoms with Gasteiger partial charge in [-0.1, -0.05) is 48.5 Å². The minimum Gasteiger partial charge on any atom is -0.250 e. The molecular weight excluding hydrogens is 737 g/mol. The Morgan fingerprint density at radius 2 is 0.615 bits per heavy atom. The number of hydrogen-bond acceptors (Lipinski definition) is 12. The van der Waals surface area contributed by atoms with Crippen LogP contribution < -0.4 is 0 Å². The normalized spacial score (nSPS) is 16.8. The molecule has 7 rings (SSSR count). The molecule has 0 amide bonds. The molecule has 1 aliphatic heterocycles. The van der Waals surface area contributed by atoms with Gasteiger partial charge >= 0.3 is 0 Å². The molecule has 0 saturated carbocycles. The average molecular weight is 769 g/mol. The molecule has 2 aromatic carbocycles. The zero-order valence-electron chi connectivity index (χ0n) is 27.6. The molecule has 264 valence electrons. The summed E-state index contributed by atoms with van der Waals surface area (Å²) in [7, 11) is 0. The van der Waals surface area contributed by atoms with Crippen molar-refractivity contribution in [2.75, 3.05) is 0 Å². The van der Waals surface area contributed by atoms with Gasteiger partial charge in [-0.15, -0.1) is 0 Å². The third-order valence-corrected chi connectivity index (χ3v) is 9.27. The summed E-state index contributed by atoms with van der Waals surface area (Å²) in [5.41, 5.74) is 3.36. The van der Waals surface area contributed by atoms with Crippen molar-refractivity contribution in [3.8, 4) is 0 Å². The minimum absolute atomic E-state index is 0.402. The number of aromatic amines is 4. The second-order valence-corrected chi connectivity index (χ2v) is 13.2. The fourth-order valence-corrected chi connectivity index (χ4v) is 6.32. The maximum Gasteiger partial charge on any atom is 0.216 e. The molecule has 16 nitrogen and oxygen atoms in total. The molecule has 0 aliphatic carbocycles. The lowest BCUT2D eigenvalue weighted by Gasteiger charge is -2.05. The topological polar surface area (TPSA) is 184 Å². The number of nitrogens with zero attached hydrogens (tertiary/aromatic N) is 12. The molecule has 0 saturated heterocycles. The number of H-pyrrole nitrogens is 4. The molecule has 0 unspecified atom stereocenters. The lowest BCUT2D eigenvalue weighted by Crippen LogP contribution is -2.04. The number of rotatable bonds is 0. The van der Waals surface area contributed by atoms with Crippen molar-refractivity contribution in [3.05, 3.63) is 113 Å². The third-order valence-electron chi connectivity index (χ3n) is 8.21. The summed E-state index contributed by atoms with van der Waals surface area (Å²) in [4.78, 5) is 0. The SMILES string of the molecule is S=c1[nH]nc2n1/N=C/c1ccccc1/C=N/n1c(n[nH]c1=S)CCCCc1n[nH]c(=S)n1/N=C/c1ccccc1/C=N/n1c(n[nH]c1=S)CCCC2. The van der Waals surface area contributed by atoms with Crippen LogP contribution in [0.3, 0.4) is 0 Å². The molecule has 0 fully saturated rings. The number of benzene rings is 2. The summed E-state index contributed by atoms with van der Waals surface area (Å²) in [6, 6.07) is 15.6. The first kappa shape index (κ1) is 35.0. The number of fused-ring (bicyclic) bond motifs is 6. The molecule has 4 N–H and O–H groups in total. The van der Waals surface area contributed by atoms with Crippen LogP contribution in [-0.4, -0.2) is 84.4 Å². The van der Waals surface area contributed by atoms with Gasteiger partial charge in [0.05, 0.1) is 24.9 Å². The van der Waals surface area contributed by atoms with Crippen molar-refractivity contribution in [2.24, 2.45) is 20.4 Å². The molecule has 20 heteroatoms. The third kappa shape index (κ3) is 8.04. The fraction of sp³-hybridized carbons (Fsp3) is 0.250. The highest BCUT2D eigenvalue weighted by Gasteiger charge is 2.11. The van der Waals surface area contributed by atoms with Crippen LogP contribution in [0.15, 0.2) is 68.9 Å². The Labute approximate surface area is 316 Å². The van der Waals surface area contributed by atoms with Gasteiger partial charge in [0.15, 0.2) is 23.3 Å². The summed E-state index contributed by atoms with van der Waals surface area (Å²) in [5, 5.41) is 47.9. The largest absolute Gasteiger partial charge is 0.250 e. The van der Waals surface area contributed by atoms with Crippen LogP contribution in [0.5, 0.6) is 0 Å². The van der Waals surface area contributed by atoms with E-state index in [2.05, 4.69) is 61.2 Å². The predicted octanol–water partition coefficient (Wildman–Crippen LogP) is 5.68. The maximum atomic E-state index is 5.51. The van der Waals surface area contributed by atoms with Gasteiger partial charge in [0, 0.05) is 47.9 Å². The van der Waals surface area contributed by atoms with E-state index in [-0.39, 0.29) is 0 Å². The van der Waals surface area contributed by atoms with Crippen LogP contribution >= 0.6 is 48.9 Å². The molecular formula is C32H32N16S4. The van der Waals surface area contributed by atoms with E-state index >= 15 is 0 Å². The molecule has 0 spiro atoms. The van der Waals surface area contributed by atoms with Gasteiger partial charge in [0.2, 0.25) is 19.1 Å². The Bertz CT molecular complexity index is 2200. The van der Waals surface area contributed by atoms with Crippen LogP contribution in [0.4, 0.5) is 0 Å². The summed E-state index contributed by atoms with van der Waals surface area (Å²) in [5.74, 6) is 2.87. The van der Waals surface area contributed by atoms with Crippen molar-refractivity contribution in [3.63, 3.8) is 0 Å². The Balaban J connectivity index is 1.20. The first-order valence-electron chi connectivity index (χ1n) is 16.5. The quantitative estimate of drug-likeness (QED) is 0.142. The summed E-state index contributed by atoms with van der Waals surface area (Å²) in [6.45, 7) is 0. The zero-order valence-corrected chi connectivity index (χ0v) is 30.9. The molecule has 52 heavy (non-hydrogen) atoms. The van der Waals surface area contributed by atoms with E-state index in [0.717, 1.165) is 47.9 Å². The lowest BCUT2D eigenvalue weighted by atomic mass is 10.1. The van der Waals surface area contributed by atoms with E-state index in [1.807, 2.05) is 48.5 Å². The summed E-state index contributed by atoms with van der Waals surface area (Å²) < 4.78 is 8.18. The Kier molecular flexibility index (Phi) is 10.9. The van der Waals surface area contributed by atoms with E-state index in [1.54, 1.807) is 43.6 Å². The molecule has 0 bridgehead atoms. The second-order valence-electron chi connectivity index (χ2n) is 11.7. The number of aromatic nitrogens is 12. The molecule has 1 aliphatic rings. The van der Waals surface area contributed by atoms with Crippen LogP contribution in [0.2, 0.25) is 0 Å². The minimum atomic E-state index is 0.402. The monoisotopic (exact) mass is 768 g/mol. The molecule has 5 heterocycles. The predicted molar refractivity (Wildman–Crippen MR) is 208 cm³/mol. The van der Waals surface area contributed by atoms with E-state index in [0.29, 0.717) is 68.1 Å². The van der Waals surface area contributed by atoms with E-state index in [1.165, 1.54) is 0 Å². The van der Waals surface area contributed by atoms with Gasteiger partial charge in [0.25, 0.3) is 0 Å². The van der Waals surface area contributed by atoms with E-state index in [9.17, 15) is 0 Å². The summed E-state index contributed by atoms with van der Waals surface area (Å²) in [6.07, 6.45) is 12.7. The first-order chi connectivity index (χ1) is 25.4. The van der Waals surface area contributed by atoms with Crippen molar-refractivity contribution in [2.45, 2.75) is 51.4 Å². The number of nitrogens with one attached hydrogen (secondary N) is 4. The first-order valence-corrected chi connectivity index (χ1v) is 18.1. The van der Waals surface area contributed by atoms with Crippen LogP contribution in [0.1, 0.15) is 71.2 Å². The molecule has 0 atom stereocenters. The Morgan fingerprint density at radius 3 is 0.846 bits per heavy atom. The Morgan fingerprint density at radius 1 is 0.385 bits per heavy atom. The van der Waals surface area contributed by atoms with Crippen molar-refractivity contribution in [1.82, 2.24) is 59.5 Å². The van der Waals surface area contributed by atoms with Crippen LogP contribution in [-0.2, 0) is 25.7 Å². The smallest absolute Gasteiger partial charge is 0.216 e. The highest BCUT2D eigenvalue weighted by Crippen LogP contribution is 2.13. The van der Waals surface area contributed by atoms with Crippen LogP contribution in [0.25, 0.3) is 0 Å². The highest BCUT2D eigenvalue weighted by atomic mass is 32.1. The number of hydrogen-bond donors (Lipinski definition) is 4. The van der Waals surface area contributed by atoms with Gasteiger partial charge in [0.1, 0.15) is 0 Å². The Hall–Kier alpha value is -5.44. The molecule has 4 aromatic heterocycles. The van der Waals surface area contributed by atoms with Gasteiger partial charge in [-0.2, -0.15) is 59.5 Å². The van der Waals surface area contributed by atoms with E-state index in [4.69, 9.17) is 48.9 Å².